The molecule has 1 aromatic carbocycles. The van der Waals surface area contributed by atoms with Crippen LogP contribution < -0.4 is 10.5 Å². The first-order valence-electron chi connectivity index (χ1n) is 7.35. The SMILES string of the molecule is CC(C)Oc1cccc(CN2CCC(CN)CC2)c1.Cl. The molecule has 0 amide bonds. The van der Waals surface area contributed by atoms with Crippen LogP contribution in [0.2, 0.25) is 0 Å². The van der Waals surface area contributed by atoms with E-state index in [2.05, 4.69) is 36.9 Å². The van der Waals surface area contributed by atoms with Gasteiger partial charge in [-0.1, -0.05) is 12.1 Å². The van der Waals surface area contributed by atoms with Gasteiger partial charge in [0.2, 0.25) is 0 Å². The second-order valence-corrected chi connectivity index (χ2v) is 5.77. The van der Waals surface area contributed by atoms with Crippen molar-refractivity contribution in [3.05, 3.63) is 29.8 Å². The molecule has 0 spiro atoms. The number of likely N-dealkylation sites (tertiary alicyclic amines) is 1. The second-order valence-electron chi connectivity index (χ2n) is 5.77. The molecule has 3 nitrogen and oxygen atoms in total. The Balaban J connectivity index is 0.00000200. The minimum Gasteiger partial charge on any atom is -0.491 e. The summed E-state index contributed by atoms with van der Waals surface area (Å²) in [6.07, 6.45) is 2.70. The lowest BCUT2D eigenvalue weighted by Crippen LogP contribution is -2.35. The van der Waals surface area contributed by atoms with Crippen LogP contribution in [0.4, 0.5) is 0 Å². The van der Waals surface area contributed by atoms with Crippen molar-refractivity contribution in [3.63, 3.8) is 0 Å². The number of hydrogen-bond donors (Lipinski definition) is 1. The molecule has 20 heavy (non-hydrogen) atoms. The van der Waals surface area contributed by atoms with Crippen LogP contribution >= 0.6 is 12.4 Å². The summed E-state index contributed by atoms with van der Waals surface area (Å²) >= 11 is 0. The quantitative estimate of drug-likeness (QED) is 0.908. The molecule has 1 aromatic rings. The van der Waals surface area contributed by atoms with Gasteiger partial charge in [0, 0.05) is 6.54 Å². The summed E-state index contributed by atoms with van der Waals surface area (Å²) in [7, 11) is 0. The van der Waals surface area contributed by atoms with Gasteiger partial charge in [-0.05, 0) is 69.9 Å². The number of rotatable bonds is 5. The van der Waals surface area contributed by atoms with Gasteiger partial charge < -0.3 is 10.5 Å². The number of ether oxygens (including phenoxy) is 1. The van der Waals surface area contributed by atoms with Gasteiger partial charge >= 0.3 is 0 Å². The van der Waals surface area contributed by atoms with Crippen LogP contribution in [0.1, 0.15) is 32.3 Å². The molecule has 4 heteroatoms. The fourth-order valence-corrected chi connectivity index (χ4v) is 2.63. The highest BCUT2D eigenvalue weighted by Crippen LogP contribution is 2.20. The van der Waals surface area contributed by atoms with Crippen molar-refractivity contribution in [2.24, 2.45) is 11.7 Å². The lowest BCUT2D eigenvalue weighted by molar-refractivity contribution is 0.180. The summed E-state index contributed by atoms with van der Waals surface area (Å²) in [5.41, 5.74) is 7.07. The van der Waals surface area contributed by atoms with E-state index in [1.807, 2.05) is 6.07 Å². The van der Waals surface area contributed by atoms with Crippen molar-refractivity contribution in [1.29, 1.82) is 0 Å². The largest absolute Gasteiger partial charge is 0.491 e. The molecule has 0 bridgehead atoms. The summed E-state index contributed by atoms with van der Waals surface area (Å²) in [6, 6.07) is 8.46. The Morgan fingerprint density at radius 3 is 2.60 bits per heavy atom. The maximum atomic E-state index is 5.74. The van der Waals surface area contributed by atoms with Gasteiger partial charge in [-0.25, -0.2) is 0 Å². The van der Waals surface area contributed by atoms with E-state index >= 15 is 0 Å². The normalized spacial score (nSPS) is 17.0. The zero-order valence-electron chi connectivity index (χ0n) is 12.5. The van der Waals surface area contributed by atoms with E-state index in [9.17, 15) is 0 Å². The van der Waals surface area contributed by atoms with E-state index in [0.717, 1.165) is 37.8 Å². The lowest BCUT2D eigenvalue weighted by atomic mass is 9.97. The smallest absolute Gasteiger partial charge is 0.120 e. The fraction of sp³-hybridized carbons (Fsp3) is 0.625. The first-order valence-corrected chi connectivity index (χ1v) is 7.35. The van der Waals surface area contributed by atoms with Gasteiger partial charge in [-0.3, -0.25) is 4.90 Å². The number of nitrogens with zero attached hydrogens (tertiary/aromatic N) is 1. The van der Waals surface area contributed by atoms with E-state index in [1.165, 1.54) is 18.4 Å². The zero-order chi connectivity index (χ0) is 13.7. The van der Waals surface area contributed by atoms with Crippen LogP contribution in [0.15, 0.2) is 24.3 Å². The van der Waals surface area contributed by atoms with Crippen LogP contribution in [-0.4, -0.2) is 30.6 Å². The molecule has 1 fully saturated rings. The van der Waals surface area contributed by atoms with Crippen LogP contribution in [0.5, 0.6) is 5.75 Å². The van der Waals surface area contributed by atoms with Crippen molar-refractivity contribution >= 4 is 12.4 Å². The molecule has 0 aromatic heterocycles. The highest BCUT2D eigenvalue weighted by atomic mass is 35.5. The minimum atomic E-state index is 0. The summed E-state index contributed by atoms with van der Waals surface area (Å²) in [5.74, 6) is 1.70. The van der Waals surface area contributed by atoms with Crippen molar-refractivity contribution in [2.75, 3.05) is 19.6 Å². The van der Waals surface area contributed by atoms with Gasteiger partial charge in [0.05, 0.1) is 6.10 Å². The third kappa shape index (κ3) is 5.31. The maximum absolute atomic E-state index is 5.74. The number of hydrogen-bond acceptors (Lipinski definition) is 3. The first kappa shape index (κ1) is 17.3. The minimum absolute atomic E-state index is 0. The molecule has 0 unspecified atom stereocenters. The standard InChI is InChI=1S/C16H26N2O.ClH/c1-13(2)19-16-5-3-4-15(10-16)12-18-8-6-14(11-17)7-9-18;/h3-5,10,13-14H,6-9,11-12,17H2,1-2H3;1H. The topological polar surface area (TPSA) is 38.5 Å². The van der Waals surface area contributed by atoms with Gasteiger partial charge in [-0.15, -0.1) is 12.4 Å². The van der Waals surface area contributed by atoms with Gasteiger partial charge in [-0.2, -0.15) is 0 Å². The molecule has 1 heterocycles. The van der Waals surface area contributed by atoms with E-state index in [0.29, 0.717) is 0 Å². The van der Waals surface area contributed by atoms with Crippen molar-refractivity contribution in [2.45, 2.75) is 39.3 Å². The molecule has 1 aliphatic heterocycles. The Kier molecular flexibility index (Phi) is 7.35. The molecule has 1 aliphatic rings. The molecule has 2 rings (SSSR count). The monoisotopic (exact) mass is 298 g/mol. The van der Waals surface area contributed by atoms with Crippen molar-refractivity contribution in [3.8, 4) is 5.75 Å². The first-order chi connectivity index (χ1) is 9.17. The van der Waals surface area contributed by atoms with Crippen molar-refractivity contribution < 1.29 is 4.74 Å². The predicted molar refractivity (Wildman–Crippen MR) is 86.5 cm³/mol. The lowest BCUT2D eigenvalue weighted by Gasteiger charge is -2.31. The second kappa shape index (κ2) is 8.50. The van der Waals surface area contributed by atoms with E-state index in [4.69, 9.17) is 10.5 Å². The van der Waals surface area contributed by atoms with Gasteiger partial charge in [0.15, 0.2) is 0 Å². The molecule has 2 N–H and O–H groups in total. The van der Waals surface area contributed by atoms with E-state index < -0.39 is 0 Å². The zero-order valence-corrected chi connectivity index (χ0v) is 13.4. The van der Waals surface area contributed by atoms with Gasteiger partial charge in [0.25, 0.3) is 0 Å². The highest BCUT2D eigenvalue weighted by molar-refractivity contribution is 5.85. The molecular weight excluding hydrogens is 272 g/mol. The van der Waals surface area contributed by atoms with Crippen LogP contribution in [0.25, 0.3) is 0 Å². The van der Waals surface area contributed by atoms with E-state index in [1.54, 1.807) is 0 Å². The average Bonchev–Trinajstić information content (AvgIpc) is 2.39. The summed E-state index contributed by atoms with van der Waals surface area (Å²) in [4.78, 5) is 2.51. The predicted octanol–water partition coefficient (Wildman–Crippen LogP) is 3.07. The Morgan fingerprint density at radius 2 is 2.00 bits per heavy atom. The third-order valence-electron chi connectivity index (χ3n) is 3.72. The van der Waals surface area contributed by atoms with Crippen molar-refractivity contribution in [1.82, 2.24) is 4.90 Å². The van der Waals surface area contributed by atoms with Gasteiger partial charge in [0.1, 0.15) is 5.75 Å². The summed E-state index contributed by atoms with van der Waals surface area (Å²) in [5, 5.41) is 0. The Hall–Kier alpha value is -0.770. The Labute approximate surface area is 128 Å². The molecular formula is C16H27ClN2O. The Morgan fingerprint density at radius 1 is 1.30 bits per heavy atom. The number of halogens is 1. The highest BCUT2D eigenvalue weighted by Gasteiger charge is 2.17. The Bertz CT molecular complexity index is 390. The molecule has 0 radical (unpaired) electrons. The van der Waals surface area contributed by atoms with Crippen LogP contribution in [0, 0.1) is 5.92 Å². The molecule has 114 valence electrons. The third-order valence-corrected chi connectivity index (χ3v) is 3.72. The number of benzene rings is 1. The summed E-state index contributed by atoms with van der Waals surface area (Å²) < 4.78 is 5.74. The summed E-state index contributed by atoms with van der Waals surface area (Å²) in [6.45, 7) is 8.31. The molecule has 1 saturated heterocycles. The van der Waals surface area contributed by atoms with E-state index in [-0.39, 0.29) is 18.5 Å². The van der Waals surface area contributed by atoms with Crippen LogP contribution in [-0.2, 0) is 6.54 Å². The van der Waals surface area contributed by atoms with Crippen LogP contribution in [0.3, 0.4) is 0 Å². The molecule has 0 atom stereocenters. The number of nitrogens with two attached hydrogens (primary N) is 1. The maximum Gasteiger partial charge on any atom is 0.120 e. The molecule has 0 aliphatic carbocycles. The fourth-order valence-electron chi connectivity index (χ4n) is 2.63. The molecule has 0 saturated carbocycles. The average molecular weight is 299 g/mol. The number of piperidine rings is 1.